The fraction of sp³-hybridized carbons (Fsp3) is 0.300. The van der Waals surface area contributed by atoms with Gasteiger partial charge in [-0.3, -0.25) is 4.79 Å². The van der Waals surface area contributed by atoms with Crippen molar-refractivity contribution in [2.75, 3.05) is 11.9 Å². The van der Waals surface area contributed by atoms with E-state index in [2.05, 4.69) is 16.7 Å². The molecule has 3 aromatic rings. The zero-order valence-electron chi connectivity index (χ0n) is 15.6. The van der Waals surface area contributed by atoms with Crippen LogP contribution in [0.1, 0.15) is 40.4 Å². The first-order valence-electron chi connectivity index (χ1n) is 8.70. The summed E-state index contributed by atoms with van der Waals surface area (Å²) in [6.07, 6.45) is 1.61. The van der Waals surface area contributed by atoms with Gasteiger partial charge in [0.25, 0.3) is 0 Å². The monoisotopic (exact) mass is 382 g/mol. The summed E-state index contributed by atoms with van der Waals surface area (Å²) in [5, 5.41) is 17.7. The van der Waals surface area contributed by atoms with E-state index in [0.29, 0.717) is 17.9 Å². The summed E-state index contributed by atoms with van der Waals surface area (Å²) in [5.74, 6) is 1.09. The maximum atomic E-state index is 12.5. The Morgan fingerprint density at radius 2 is 2.19 bits per heavy atom. The lowest BCUT2D eigenvalue weighted by atomic mass is 10.2. The topological polar surface area (TPSA) is 83.0 Å². The second kappa shape index (κ2) is 8.25. The van der Waals surface area contributed by atoms with Crippen molar-refractivity contribution >= 4 is 23.1 Å². The lowest BCUT2D eigenvalue weighted by Gasteiger charge is -2.14. The minimum Gasteiger partial charge on any atom is -0.467 e. The van der Waals surface area contributed by atoms with Gasteiger partial charge in [-0.15, -0.1) is 11.3 Å². The Hall–Kier alpha value is -2.82. The van der Waals surface area contributed by atoms with Crippen molar-refractivity contribution in [2.45, 2.75) is 33.4 Å². The average molecular weight is 382 g/mol. The molecule has 0 bridgehead atoms. The van der Waals surface area contributed by atoms with Gasteiger partial charge in [0, 0.05) is 16.6 Å². The van der Waals surface area contributed by atoms with Crippen molar-refractivity contribution in [1.82, 2.24) is 9.88 Å². The summed E-state index contributed by atoms with van der Waals surface area (Å²) in [7, 11) is 0. The number of furan rings is 1. The molecular formula is C20H22N4O2S. The van der Waals surface area contributed by atoms with Gasteiger partial charge in [-0.25, -0.2) is 0 Å². The Morgan fingerprint density at radius 1 is 1.37 bits per heavy atom. The number of hydrogen-bond donors (Lipinski definition) is 2. The predicted octanol–water partition coefficient (Wildman–Crippen LogP) is 3.97. The number of nitrogens with zero attached hydrogens (tertiary/aromatic N) is 2. The van der Waals surface area contributed by atoms with Gasteiger partial charge in [0.15, 0.2) is 0 Å². The molecule has 0 aliphatic carbocycles. The van der Waals surface area contributed by atoms with Crippen molar-refractivity contribution in [1.29, 1.82) is 5.26 Å². The van der Waals surface area contributed by atoms with Gasteiger partial charge >= 0.3 is 0 Å². The Morgan fingerprint density at radius 3 is 2.81 bits per heavy atom. The van der Waals surface area contributed by atoms with Crippen LogP contribution in [0.3, 0.4) is 0 Å². The molecule has 1 atom stereocenters. The highest BCUT2D eigenvalue weighted by Gasteiger charge is 2.20. The van der Waals surface area contributed by atoms with Crippen LogP contribution in [0.4, 0.5) is 5.82 Å². The van der Waals surface area contributed by atoms with Gasteiger partial charge in [0.2, 0.25) is 5.91 Å². The molecule has 140 valence electrons. The van der Waals surface area contributed by atoms with E-state index in [1.54, 1.807) is 17.6 Å². The fourth-order valence-electron chi connectivity index (χ4n) is 2.95. The summed E-state index contributed by atoms with van der Waals surface area (Å²) in [6.45, 7) is 6.46. The van der Waals surface area contributed by atoms with E-state index in [9.17, 15) is 10.1 Å². The minimum atomic E-state index is -0.187. The second-order valence-electron chi connectivity index (χ2n) is 6.38. The van der Waals surface area contributed by atoms with E-state index >= 15 is 0 Å². The van der Waals surface area contributed by atoms with Crippen molar-refractivity contribution < 1.29 is 9.21 Å². The molecule has 0 radical (unpaired) electrons. The zero-order chi connectivity index (χ0) is 19.4. The molecule has 0 saturated carbocycles. The molecule has 6 nitrogen and oxygen atoms in total. The van der Waals surface area contributed by atoms with Gasteiger partial charge in [0.1, 0.15) is 17.6 Å². The smallest absolute Gasteiger partial charge is 0.239 e. The van der Waals surface area contributed by atoms with Gasteiger partial charge in [-0.1, -0.05) is 6.07 Å². The Bertz CT molecular complexity index is 949. The van der Waals surface area contributed by atoms with Crippen LogP contribution in [-0.2, 0) is 11.3 Å². The van der Waals surface area contributed by atoms with E-state index < -0.39 is 0 Å². The number of amides is 1. The van der Waals surface area contributed by atoms with Crippen molar-refractivity contribution in [3.63, 3.8) is 0 Å². The number of rotatable bonds is 7. The number of anilines is 1. The molecule has 0 aliphatic heterocycles. The number of hydrogen-bond acceptors (Lipinski definition) is 5. The first-order chi connectivity index (χ1) is 13.0. The first-order valence-corrected chi connectivity index (χ1v) is 9.58. The number of aromatic nitrogens is 1. The van der Waals surface area contributed by atoms with Crippen molar-refractivity contribution in [3.05, 3.63) is 63.4 Å². The predicted molar refractivity (Wildman–Crippen MR) is 106 cm³/mol. The number of carbonyl (C=O) groups excluding carboxylic acids is 1. The Balaban J connectivity index is 1.75. The maximum Gasteiger partial charge on any atom is 0.239 e. The Kier molecular flexibility index (Phi) is 5.79. The summed E-state index contributed by atoms with van der Waals surface area (Å²) >= 11 is 1.65. The lowest BCUT2D eigenvalue weighted by Crippen LogP contribution is -2.30. The van der Waals surface area contributed by atoms with Crippen LogP contribution >= 0.6 is 11.3 Å². The van der Waals surface area contributed by atoms with Crippen LogP contribution in [-0.4, -0.2) is 17.0 Å². The van der Waals surface area contributed by atoms with Crippen molar-refractivity contribution in [3.8, 4) is 6.07 Å². The zero-order valence-corrected chi connectivity index (χ0v) is 16.4. The third-order valence-corrected chi connectivity index (χ3v) is 5.69. The van der Waals surface area contributed by atoms with E-state index in [1.165, 1.54) is 4.88 Å². The molecule has 2 N–H and O–H groups in total. The summed E-state index contributed by atoms with van der Waals surface area (Å²) < 4.78 is 7.34. The number of nitriles is 1. The molecular weight excluding hydrogens is 360 g/mol. The SMILES string of the molecule is Cc1c(C#N)c(NC(=O)CNC(C)c2cccs2)n(Cc2ccco2)c1C. The molecule has 3 rings (SSSR count). The van der Waals surface area contributed by atoms with E-state index in [1.807, 2.05) is 55.0 Å². The van der Waals surface area contributed by atoms with Gasteiger partial charge in [-0.2, -0.15) is 5.26 Å². The molecule has 7 heteroatoms. The van der Waals surface area contributed by atoms with Gasteiger partial charge < -0.3 is 19.6 Å². The van der Waals surface area contributed by atoms with E-state index in [-0.39, 0.29) is 18.5 Å². The fourth-order valence-corrected chi connectivity index (χ4v) is 3.71. The van der Waals surface area contributed by atoms with Crippen LogP contribution in [0.2, 0.25) is 0 Å². The maximum absolute atomic E-state index is 12.5. The minimum absolute atomic E-state index is 0.0876. The lowest BCUT2D eigenvalue weighted by molar-refractivity contribution is -0.115. The van der Waals surface area contributed by atoms with Gasteiger partial charge in [0.05, 0.1) is 24.9 Å². The molecule has 1 amide bonds. The van der Waals surface area contributed by atoms with E-state index in [0.717, 1.165) is 17.0 Å². The third kappa shape index (κ3) is 4.13. The third-order valence-electron chi connectivity index (χ3n) is 4.63. The van der Waals surface area contributed by atoms with Crippen LogP contribution in [0.5, 0.6) is 0 Å². The highest BCUT2D eigenvalue weighted by molar-refractivity contribution is 7.10. The highest BCUT2D eigenvalue weighted by Crippen LogP contribution is 2.27. The first kappa shape index (κ1) is 19.0. The number of carbonyl (C=O) groups is 1. The molecule has 27 heavy (non-hydrogen) atoms. The summed E-state index contributed by atoms with van der Waals surface area (Å²) in [6, 6.07) is 10.0. The van der Waals surface area contributed by atoms with E-state index in [4.69, 9.17) is 4.42 Å². The standard InChI is InChI=1S/C20H22N4O2S/c1-13-15(3)24(12-16-6-4-8-26-16)20(17(13)10-21)23-19(25)11-22-14(2)18-7-5-9-27-18/h4-9,14,22H,11-12H2,1-3H3,(H,23,25). The van der Waals surface area contributed by atoms with Crippen LogP contribution in [0, 0.1) is 25.2 Å². The summed E-state index contributed by atoms with van der Waals surface area (Å²) in [4.78, 5) is 13.7. The molecule has 0 fully saturated rings. The molecule has 1 unspecified atom stereocenters. The van der Waals surface area contributed by atoms with Crippen LogP contribution in [0.25, 0.3) is 0 Å². The quantitative estimate of drug-likeness (QED) is 0.648. The van der Waals surface area contributed by atoms with Gasteiger partial charge in [-0.05, 0) is 49.9 Å². The molecule has 0 aromatic carbocycles. The molecule has 0 aliphatic rings. The number of thiophene rings is 1. The molecule has 0 spiro atoms. The molecule has 3 aromatic heterocycles. The largest absolute Gasteiger partial charge is 0.467 e. The highest BCUT2D eigenvalue weighted by atomic mass is 32.1. The average Bonchev–Trinajstić information content (AvgIpc) is 3.40. The normalized spacial score (nSPS) is 11.9. The second-order valence-corrected chi connectivity index (χ2v) is 7.36. The number of nitrogens with one attached hydrogen (secondary N) is 2. The van der Waals surface area contributed by atoms with Crippen LogP contribution < -0.4 is 10.6 Å². The van der Waals surface area contributed by atoms with Crippen LogP contribution in [0.15, 0.2) is 40.3 Å². The summed E-state index contributed by atoms with van der Waals surface area (Å²) in [5.41, 5.74) is 2.27. The Labute approximate surface area is 162 Å². The van der Waals surface area contributed by atoms with Crippen molar-refractivity contribution in [2.24, 2.45) is 0 Å². The molecule has 0 saturated heterocycles. The molecule has 3 heterocycles.